The maximum atomic E-state index is 4.64. The van der Waals surface area contributed by atoms with Crippen molar-refractivity contribution in [2.45, 2.75) is 43.9 Å². The standard InChI is InChI=1S/C11H18N4/c1-2-8(5-7-12-6-1)10-13-11(15-14-10)9-3-4-9/h8-9,12H,1-7H2,(H,13,14,15). The number of hydrogen-bond donors (Lipinski definition) is 2. The molecule has 2 aliphatic rings. The molecule has 0 spiro atoms. The number of hydrogen-bond acceptors (Lipinski definition) is 3. The van der Waals surface area contributed by atoms with Gasteiger partial charge in [0.1, 0.15) is 5.82 Å². The Morgan fingerprint density at radius 3 is 2.80 bits per heavy atom. The lowest BCUT2D eigenvalue weighted by atomic mass is 10.0. The minimum Gasteiger partial charge on any atom is -0.317 e. The molecule has 1 aromatic rings. The number of aromatic nitrogens is 3. The van der Waals surface area contributed by atoms with Gasteiger partial charge in [-0.15, -0.1) is 0 Å². The van der Waals surface area contributed by atoms with Crippen molar-refractivity contribution >= 4 is 0 Å². The van der Waals surface area contributed by atoms with E-state index in [-0.39, 0.29) is 0 Å². The third kappa shape index (κ3) is 2.04. The first-order chi connectivity index (χ1) is 7.43. The highest BCUT2D eigenvalue weighted by Gasteiger charge is 2.28. The first-order valence-electron chi connectivity index (χ1n) is 6.06. The van der Waals surface area contributed by atoms with Crippen LogP contribution < -0.4 is 5.32 Å². The Labute approximate surface area is 89.9 Å². The highest BCUT2D eigenvalue weighted by atomic mass is 15.2. The van der Waals surface area contributed by atoms with E-state index in [0.29, 0.717) is 11.8 Å². The first kappa shape index (κ1) is 9.33. The highest BCUT2D eigenvalue weighted by molar-refractivity contribution is 5.07. The van der Waals surface area contributed by atoms with Gasteiger partial charge in [0.25, 0.3) is 0 Å². The van der Waals surface area contributed by atoms with E-state index in [2.05, 4.69) is 20.5 Å². The molecule has 1 atom stereocenters. The lowest BCUT2D eigenvalue weighted by Gasteiger charge is -2.08. The van der Waals surface area contributed by atoms with Crippen LogP contribution in [0.1, 0.15) is 55.6 Å². The molecule has 1 aliphatic carbocycles. The second-order valence-electron chi connectivity index (χ2n) is 4.73. The molecule has 15 heavy (non-hydrogen) atoms. The maximum Gasteiger partial charge on any atom is 0.153 e. The molecule has 2 N–H and O–H groups in total. The van der Waals surface area contributed by atoms with Crippen LogP contribution >= 0.6 is 0 Å². The van der Waals surface area contributed by atoms with Gasteiger partial charge in [0.15, 0.2) is 5.82 Å². The van der Waals surface area contributed by atoms with E-state index in [1.807, 2.05) is 0 Å². The van der Waals surface area contributed by atoms with Gasteiger partial charge in [0.05, 0.1) is 0 Å². The van der Waals surface area contributed by atoms with Gasteiger partial charge in [-0.2, -0.15) is 5.10 Å². The van der Waals surface area contributed by atoms with Gasteiger partial charge in [-0.05, 0) is 45.2 Å². The fourth-order valence-electron chi connectivity index (χ4n) is 2.29. The van der Waals surface area contributed by atoms with Gasteiger partial charge in [-0.3, -0.25) is 5.10 Å². The predicted octanol–water partition coefficient (Wildman–Crippen LogP) is 1.54. The van der Waals surface area contributed by atoms with Gasteiger partial charge < -0.3 is 5.32 Å². The van der Waals surface area contributed by atoms with Gasteiger partial charge >= 0.3 is 0 Å². The molecule has 0 radical (unpaired) electrons. The van der Waals surface area contributed by atoms with Crippen molar-refractivity contribution in [2.24, 2.45) is 0 Å². The molecule has 1 aliphatic heterocycles. The summed E-state index contributed by atoms with van der Waals surface area (Å²) < 4.78 is 0. The second kappa shape index (κ2) is 3.93. The van der Waals surface area contributed by atoms with Crippen molar-refractivity contribution in [1.82, 2.24) is 20.5 Å². The normalized spacial score (nSPS) is 27.6. The fraction of sp³-hybridized carbons (Fsp3) is 0.818. The number of nitrogens with one attached hydrogen (secondary N) is 2. The SMILES string of the molecule is C1CNCCC(c2nc(C3CC3)n[nH]2)C1. The molecule has 1 unspecified atom stereocenters. The Balaban J connectivity index is 1.72. The average molecular weight is 206 g/mol. The zero-order valence-electron chi connectivity index (χ0n) is 9.00. The Morgan fingerprint density at radius 2 is 1.93 bits per heavy atom. The van der Waals surface area contributed by atoms with E-state index in [4.69, 9.17) is 0 Å². The van der Waals surface area contributed by atoms with E-state index >= 15 is 0 Å². The van der Waals surface area contributed by atoms with Crippen LogP contribution in [0.15, 0.2) is 0 Å². The van der Waals surface area contributed by atoms with Crippen molar-refractivity contribution in [2.75, 3.05) is 13.1 Å². The third-order valence-electron chi connectivity index (χ3n) is 3.42. The Kier molecular flexibility index (Phi) is 2.44. The Morgan fingerprint density at radius 1 is 1.00 bits per heavy atom. The van der Waals surface area contributed by atoms with E-state index in [1.54, 1.807) is 0 Å². The molecule has 4 nitrogen and oxygen atoms in total. The molecular formula is C11H18N4. The summed E-state index contributed by atoms with van der Waals surface area (Å²) in [6, 6.07) is 0. The molecular weight excluding hydrogens is 188 g/mol. The highest BCUT2D eigenvalue weighted by Crippen LogP contribution is 2.38. The smallest absolute Gasteiger partial charge is 0.153 e. The van der Waals surface area contributed by atoms with E-state index in [0.717, 1.165) is 24.7 Å². The lowest BCUT2D eigenvalue weighted by Crippen LogP contribution is -2.14. The van der Waals surface area contributed by atoms with Crippen LogP contribution in [0.5, 0.6) is 0 Å². The topological polar surface area (TPSA) is 53.6 Å². The summed E-state index contributed by atoms with van der Waals surface area (Å²) in [7, 11) is 0. The number of aromatic amines is 1. The summed E-state index contributed by atoms with van der Waals surface area (Å²) in [4.78, 5) is 4.64. The quantitative estimate of drug-likeness (QED) is 0.771. The molecule has 2 heterocycles. The van der Waals surface area contributed by atoms with E-state index < -0.39 is 0 Å². The molecule has 0 aromatic carbocycles. The van der Waals surface area contributed by atoms with Crippen LogP contribution in [0.25, 0.3) is 0 Å². The predicted molar refractivity (Wildman–Crippen MR) is 57.8 cm³/mol. The van der Waals surface area contributed by atoms with Crippen LogP contribution in [0.4, 0.5) is 0 Å². The summed E-state index contributed by atoms with van der Waals surface area (Å²) >= 11 is 0. The lowest BCUT2D eigenvalue weighted by molar-refractivity contribution is 0.577. The van der Waals surface area contributed by atoms with Gasteiger partial charge in [0.2, 0.25) is 0 Å². The van der Waals surface area contributed by atoms with Crippen LogP contribution in [0.2, 0.25) is 0 Å². The Hall–Kier alpha value is -0.900. The summed E-state index contributed by atoms with van der Waals surface area (Å²) in [5.41, 5.74) is 0. The average Bonchev–Trinajstić information content (AvgIpc) is 3.04. The van der Waals surface area contributed by atoms with Crippen molar-refractivity contribution in [3.8, 4) is 0 Å². The second-order valence-corrected chi connectivity index (χ2v) is 4.73. The van der Waals surface area contributed by atoms with Crippen molar-refractivity contribution in [3.05, 3.63) is 11.6 Å². The van der Waals surface area contributed by atoms with E-state index in [1.165, 1.54) is 32.1 Å². The molecule has 0 bridgehead atoms. The third-order valence-corrected chi connectivity index (χ3v) is 3.42. The van der Waals surface area contributed by atoms with Gasteiger partial charge in [0, 0.05) is 11.8 Å². The van der Waals surface area contributed by atoms with Crippen molar-refractivity contribution in [3.63, 3.8) is 0 Å². The summed E-state index contributed by atoms with van der Waals surface area (Å²) in [5, 5.41) is 10.9. The largest absolute Gasteiger partial charge is 0.317 e. The molecule has 4 heteroatoms. The van der Waals surface area contributed by atoms with Crippen molar-refractivity contribution in [1.29, 1.82) is 0 Å². The fourth-order valence-corrected chi connectivity index (χ4v) is 2.29. The molecule has 1 aromatic heterocycles. The zero-order valence-corrected chi connectivity index (χ0v) is 9.00. The molecule has 2 fully saturated rings. The number of H-pyrrole nitrogens is 1. The van der Waals surface area contributed by atoms with Gasteiger partial charge in [-0.1, -0.05) is 0 Å². The minimum absolute atomic E-state index is 0.597. The number of rotatable bonds is 2. The number of nitrogens with zero attached hydrogens (tertiary/aromatic N) is 2. The first-order valence-corrected chi connectivity index (χ1v) is 6.06. The van der Waals surface area contributed by atoms with Crippen LogP contribution in [-0.4, -0.2) is 28.3 Å². The molecule has 0 amide bonds. The minimum atomic E-state index is 0.597. The summed E-state index contributed by atoms with van der Waals surface area (Å²) in [5.74, 6) is 3.45. The summed E-state index contributed by atoms with van der Waals surface area (Å²) in [6.45, 7) is 2.27. The van der Waals surface area contributed by atoms with Crippen LogP contribution in [-0.2, 0) is 0 Å². The monoisotopic (exact) mass is 206 g/mol. The van der Waals surface area contributed by atoms with E-state index in [9.17, 15) is 0 Å². The molecule has 1 saturated carbocycles. The zero-order chi connectivity index (χ0) is 10.1. The van der Waals surface area contributed by atoms with Gasteiger partial charge in [-0.25, -0.2) is 4.98 Å². The van der Waals surface area contributed by atoms with Crippen molar-refractivity contribution < 1.29 is 0 Å². The Bertz CT molecular complexity index is 321. The molecule has 3 rings (SSSR count). The molecule has 82 valence electrons. The summed E-state index contributed by atoms with van der Waals surface area (Å²) in [6.07, 6.45) is 6.25. The van der Waals surface area contributed by atoms with Crippen LogP contribution in [0.3, 0.4) is 0 Å². The molecule has 1 saturated heterocycles. The maximum absolute atomic E-state index is 4.64. The van der Waals surface area contributed by atoms with Crippen LogP contribution in [0, 0.1) is 0 Å².